The first kappa shape index (κ1) is 22.8. The van der Waals surface area contributed by atoms with Crippen molar-refractivity contribution in [2.45, 2.75) is 38.9 Å². The van der Waals surface area contributed by atoms with Gasteiger partial charge in [-0.3, -0.25) is 4.79 Å². The van der Waals surface area contributed by atoms with Gasteiger partial charge < -0.3 is 20.4 Å². The molecule has 29 heavy (non-hydrogen) atoms. The van der Waals surface area contributed by atoms with Crippen LogP contribution in [0.5, 0.6) is 0 Å². The first-order chi connectivity index (χ1) is 13.7. The Labute approximate surface area is 169 Å². The zero-order valence-electron chi connectivity index (χ0n) is 17.1. The summed E-state index contributed by atoms with van der Waals surface area (Å²) in [7, 11) is 1.13. The van der Waals surface area contributed by atoms with E-state index < -0.39 is 18.6 Å². The van der Waals surface area contributed by atoms with E-state index in [9.17, 15) is 18.0 Å². The van der Waals surface area contributed by atoms with Crippen LogP contribution in [-0.4, -0.2) is 73.7 Å². The lowest BCUT2D eigenvalue weighted by Crippen LogP contribution is -2.49. The Kier molecular flexibility index (Phi) is 8.10. The van der Waals surface area contributed by atoms with Gasteiger partial charge in [0.1, 0.15) is 18.9 Å². The van der Waals surface area contributed by atoms with Crippen molar-refractivity contribution in [2.75, 3.05) is 44.7 Å². The Bertz CT molecular complexity index is 701. The molecule has 0 aromatic carbocycles. The van der Waals surface area contributed by atoms with E-state index in [0.29, 0.717) is 17.4 Å². The molecule has 2 rings (SSSR count). The predicted molar refractivity (Wildman–Crippen MR) is 107 cm³/mol. The fraction of sp³-hybridized carbons (Fsp3) is 0.632. The number of hydrogen-bond donors (Lipinski definition) is 2. The lowest BCUT2D eigenvalue weighted by molar-refractivity contribution is -0.157. The van der Waals surface area contributed by atoms with Gasteiger partial charge in [0.05, 0.1) is 0 Å². The number of nitrogens with one attached hydrogen (secondary N) is 2. The van der Waals surface area contributed by atoms with E-state index in [1.165, 1.54) is 0 Å². The van der Waals surface area contributed by atoms with Gasteiger partial charge in [-0.25, -0.2) is 9.98 Å². The summed E-state index contributed by atoms with van der Waals surface area (Å²) in [5.41, 5.74) is 0.976. The minimum Gasteiger partial charge on any atom is -0.357 e. The number of carbonyl (C=O) groups is 1. The van der Waals surface area contributed by atoms with Gasteiger partial charge in [0.15, 0.2) is 5.96 Å². The minimum atomic E-state index is -4.42. The highest BCUT2D eigenvalue weighted by Gasteiger charge is 2.31. The highest BCUT2D eigenvalue weighted by Crippen LogP contribution is 2.18. The zero-order valence-corrected chi connectivity index (χ0v) is 17.1. The molecule has 2 N–H and O–H groups in total. The molecule has 1 aromatic rings. The van der Waals surface area contributed by atoms with Gasteiger partial charge >= 0.3 is 6.18 Å². The van der Waals surface area contributed by atoms with Crippen molar-refractivity contribution in [3.8, 4) is 0 Å². The lowest BCUT2D eigenvalue weighted by Gasteiger charge is -2.34. The van der Waals surface area contributed by atoms with Crippen molar-refractivity contribution in [2.24, 2.45) is 4.99 Å². The van der Waals surface area contributed by atoms with Crippen molar-refractivity contribution in [3.63, 3.8) is 0 Å². The second-order valence-corrected chi connectivity index (χ2v) is 7.10. The zero-order chi connectivity index (χ0) is 21.4. The number of amides is 1. The second-order valence-electron chi connectivity index (χ2n) is 7.10. The van der Waals surface area contributed by atoms with E-state index in [-0.39, 0.29) is 12.6 Å². The monoisotopic (exact) mass is 414 g/mol. The van der Waals surface area contributed by atoms with Gasteiger partial charge in [-0.05, 0) is 38.8 Å². The van der Waals surface area contributed by atoms with Crippen LogP contribution in [0.1, 0.15) is 25.5 Å². The highest BCUT2D eigenvalue weighted by atomic mass is 19.4. The molecule has 10 heteroatoms. The van der Waals surface area contributed by atoms with E-state index in [0.717, 1.165) is 44.5 Å². The molecule has 0 bridgehead atoms. The maximum absolute atomic E-state index is 12.4. The van der Waals surface area contributed by atoms with Crippen LogP contribution in [-0.2, 0) is 4.79 Å². The van der Waals surface area contributed by atoms with E-state index in [2.05, 4.69) is 25.5 Å². The van der Waals surface area contributed by atoms with Crippen LogP contribution >= 0.6 is 0 Å². The standard InChI is InChI=1S/C19H29F3N6O/c1-4-23-18(24-12-17(29)27(3)13-19(20,21)22)26-15-8-10-28(11-9-15)16-7-5-6-14(2)25-16/h5-7,15H,4,8-13H2,1-3H3,(H2,23,24,26). The van der Waals surface area contributed by atoms with Crippen LogP contribution in [0.25, 0.3) is 0 Å². The number of alkyl halides is 3. The van der Waals surface area contributed by atoms with Gasteiger partial charge in [-0.2, -0.15) is 13.2 Å². The van der Waals surface area contributed by atoms with Crippen molar-refractivity contribution < 1.29 is 18.0 Å². The molecule has 1 amide bonds. The number of anilines is 1. The molecule has 1 aliphatic heterocycles. The third-order valence-electron chi connectivity index (χ3n) is 4.59. The summed E-state index contributed by atoms with van der Waals surface area (Å²) >= 11 is 0. The van der Waals surface area contributed by atoms with Crippen molar-refractivity contribution in [1.82, 2.24) is 20.5 Å². The number of guanidine groups is 1. The number of aromatic nitrogens is 1. The van der Waals surface area contributed by atoms with Gasteiger partial charge in [-0.15, -0.1) is 0 Å². The summed E-state index contributed by atoms with van der Waals surface area (Å²) in [5, 5.41) is 6.32. The number of rotatable bonds is 6. The molecule has 0 spiro atoms. The summed E-state index contributed by atoms with van der Waals surface area (Å²) in [5.74, 6) is 0.718. The molecule has 1 fully saturated rings. The molecule has 0 unspecified atom stereocenters. The summed E-state index contributed by atoms with van der Waals surface area (Å²) in [6.45, 7) is 4.49. The fourth-order valence-electron chi connectivity index (χ4n) is 3.10. The average molecular weight is 414 g/mol. The van der Waals surface area contributed by atoms with Crippen molar-refractivity contribution in [1.29, 1.82) is 0 Å². The summed E-state index contributed by atoms with van der Waals surface area (Å²) in [4.78, 5) is 23.5. The van der Waals surface area contributed by atoms with E-state index in [1.54, 1.807) is 0 Å². The van der Waals surface area contributed by atoms with E-state index in [1.807, 2.05) is 32.0 Å². The summed E-state index contributed by atoms with van der Waals surface area (Å²) in [6, 6.07) is 6.11. The lowest BCUT2D eigenvalue weighted by atomic mass is 10.1. The van der Waals surface area contributed by atoms with Gasteiger partial charge in [0.25, 0.3) is 0 Å². The van der Waals surface area contributed by atoms with Crippen molar-refractivity contribution >= 4 is 17.7 Å². The molecule has 0 radical (unpaired) electrons. The molecule has 0 atom stereocenters. The predicted octanol–water partition coefficient (Wildman–Crippen LogP) is 1.93. The Morgan fingerprint density at radius 2 is 2.03 bits per heavy atom. The average Bonchev–Trinajstić information content (AvgIpc) is 2.65. The Morgan fingerprint density at radius 3 is 2.62 bits per heavy atom. The Morgan fingerprint density at radius 1 is 1.34 bits per heavy atom. The molecule has 0 aliphatic carbocycles. The number of piperidine rings is 1. The number of halogens is 3. The smallest absolute Gasteiger partial charge is 0.357 e. The van der Waals surface area contributed by atoms with Crippen LogP contribution < -0.4 is 15.5 Å². The SMILES string of the molecule is CCNC(=NCC(=O)N(C)CC(F)(F)F)NC1CCN(c2cccc(C)n2)CC1. The number of nitrogens with zero attached hydrogens (tertiary/aromatic N) is 4. The van der Waals surface area contributed by atoms with Crippen LogP contribution in [0.2, 0.25) is 0 Å². The van der Waals surface area contributed by atoms with E-state index >= 15 is 0 Å². The highest BCUT2D eigenvalue weighted by molar-refractivity contribution is 5.85. The van der Waals surface area contributed by atoms with Gasteiger partial charge in [-0.1, -0.05) is 6.07 Å². The molecule has 1 aliphatic rings. The normalized spacial score (nSPS) is 15.9. The Hall–Kier alpha value is -2.52. The molecule has 1 saturated heterocycles. The van der Waals surface area contributed by atoms with Crippen LogP contribution in [0, 0.1) is 6.92 Å². The topological polar surface area (TPSA) is 72.9 Å². The van der Waals surface area contributed by atoms with Crippen LogP contribution in [0.15, 0.2) is 23.2 Å². The number of aryl methyl sites for hydroxylation is 1. The maximum Gasteiger partial charge on any atom is 0.406 e. The van der Waals surface area contributed by atoms with Crippen LogP contribution in [0.4, 0.5) is 19.0 Å². The maximum atomic E-state index is 12.4. The number of carbonyl (C=O) groups excluding carboxylic acids is 1. The van der Waals surface area contributed by atoms with Gasteiger partial charge in [0.2, 0.25) is 5.91 Å². The molecule has 2 heterocycles. The minimum absolute atomic E-state index is 0.164. The summed E-state index contributed by atoms with van der Waals surface area (Å²) in [6.07, 6.45) is -2.69. The molecular formula is C19H29F3N6O. The second kappa shape index (κ2) is 10.3. The largest absolute Gasteiger partial charge is 0.406 e. The quantitative estimate of drug-likeness (QED) is 0.550. The summed E-state index contributed by atoms with van der Waals surface area (Å²) < 4.78 is 37.2. The molecule has 7 nitrogen and oxygen atoms in total. The first-order valence-electron chi connectivity index (χ1n) is 9.72. The molecule has 0 saturated carbocycles. The third kappa shape index (κ3) is 7.78. The number of aliphatic imine (C=N–C) groups is 1. The molecule has 1 aromatic heterocycles. The molecule has 162 valence electrons. The fourth-order valence-corrected chi connectivity index (χ4v) is 3.10. The Balaban J connectivity index is 1.87. The molecular weight excluding hydrogens is 385 g/mol. The number of pyridine rings is 1. The van der Waals surface area contributed by atoms with Gasteiger partial charge in [0, 0.05) is 38.4 Å². The number of likely N-dealkylation sites (N-methyl/N-ethyl adjacent to an activating group) is 1. The van der Waals surface area contributed by atoms with E-state index in [4.69, 9.17) is 0 Å². The number of hydrogen-bond acceptors (Lipinski definition) is 4. The van der Waals surface area contributed by atoms with Crippen LogP contribution in [0.3, 0.4) is 0 Å². The van der Waals surface area contributed by atoms with Crippen molar-refractivity contribution in [3.05, 3.63) is 23.9 Å². The first-order valence-corrected chi connectivity index (χ1v) is 9.72. The third-order valence-corrected chi connectivity index (χ3v) is 4.59.